The zero-order valence-electron chi connectivity index (χ0n) is 24.4. The summed E-state index contributed by atoms with van der Waals surface area (Å²) in [4.78, 5) is 0. The lowest BCUT2D eigenvalue weighted by molar-refractivity contribution is -0.0581. The van der Waals surface area contributed by atoms with Crippen molar-refractivity contribution in [2.75, 3.05) is 13.2 Å². The van der Waals surface area contributed by atoms with Crippen LogP contribution in [-0.4, -0.2) is 19.3 Å². The Morgan fingerprint density at radius 2 is 1.71 bits per heavy atom. The predicted molar refractivity (Wildman–Crippen MR) is 150 cm³/mol. The maximum atomic E-state index is 6.06. The van der Waals surface area contributed by atoms with Gasteiger partial charge in [-0.05, 0) is 98.2 Å². The van der Waals surface area contributed by atoms with E-state index in [4.69, 9.17) is 10.5 Å². The zero-order chi connectivity index (χ0) is 25.4. The summed E-state index contributed by atoms with van der Waals surface area (Å²) in [5, 5.41) is 0. The number of rotatable bonds is 8. The maximum Gasteiger partial charge on any atom is 0.0613 e. The molecule has 34 heavy (non-hydrogen) atoms. The van der Waals surface area contributed by atoms with E-state index in [1.165, 1.54) is 77.0 Å². The first kappa shape index (κ1) is 29.9. The van der Waals surface area contributed by atoms with Gasteiger partial charge in [0.25, 0.3) is 0 Å². The van der Waals surface area contributed by atoms with E-state index < -0.39 is 0 Å². The summed E-state index contributed by atoms with van der Waals surface area (Å²) in [5.74, 6) is 4.71. The Bertz CT molecular complexity index is 612. The summed E-state index contributed by atoms with van der Waals surface area (Å²) < 4.78 is 6.06. The number of hydrogen-bond donors (Lipinski definition) is 1. The van der Waals surface area contributed by atoms with Gasteiger partial charge in [0.1, 0.15) is 0 Å². The first-order valence-corrected chi connectivity index (χ1v) is 15.4. The van der Waals surface area contributed by atoms with Crippen molar-refractivity contribution in [1.82, 2.24) is 0 Å². The highest BCUT2D eigenvalue weighted by Gasteiger charge is 2.58. The molecule has 0 bridgehead atoms. The predicted octanol–water partition coefficient (Wildman–Crippen LogP) is 9.18. The third kappa shape index (κ3) is 6.31. The average molecular weight is 476 g/mol. The van der Waals surface area contributed by atoms with Gasteiger partial charge in [0.2, 0.25) is 0 Å². The molecular formula is C32H61NO. The van der Waals surface area contributed by atoms with Crippen molar-refractivity contribution in [3.05, 3.63) is 11.6 Å². The molecule has 5 unspecified atom stereocenters. The molecule has 0 heterocycles. The van der Waals surface area contributed by atoms with E-state index in [2.05, 4.69) is 33.8 Å². The lowest BCUT2D eigenvalue weighted by Gasteiger charge is -2.58. The molecule has 0 amide bonds. The highest BCUT2D eigenvalue weighted by molar-refractivity contribution is 5.25. The van der Waals surface area contributed by atoms with Crippen molar-refractivity contribution in [2.45, 2.75) is 139 Å². The maximum absolute atomic E-state index is 6.06. The van der Waals surface area contributed by atoms with Crippen molar-refractivity contribution in [3.8, 4) is 0 Å². The average Bonchev–Trinajstić information content (AvgIpc) is 3.19. The van der Waals surface area contributed by atoms with Crippen LogP contribution < -0.4 is 5.73 Å². The number of unbranched alkanes of at least 4 members (excludes halogenated alkanes) is 1. The first-order chi connectivity index (χ1) is 16.4. The molecule has 0 radical (unpaired) electrons. The summed E-state index contributed by atoms with van der Waals surface area (Å²) in [5.41, 5.74) is 8.49. The molecule has 7 atom stereocenters. The third-order valence-corrected chi connectivity index (χ3v) is 10.3. The van der Waals surface area contributed by atoms with E-state index in [9.17, 15) is 0 Å². The monoisotopic (exact) mass is 475 g/mol. The molecule has 3 saturated carbocycles. The molecule has 0 aliphatic heterocycles. The molecule has 2 heteroatoms. The van der Waals surface area contributed by atoms with Gasteiger partial charge in [-0.15, -0.1) is 0 Å². The zero-order valence-corrected chi connectivity index (χ0v) is 24.4. The lowest BCUT2D eigenvalue weighted by Crippen LogP contribution is -2.50. The van der Waals surface area contributed by atoms with E-state index in [0.717, 1.165) is 36.2 Å². The van der Waals surface area contributed by atoms with Gasteiger partial charge in [-0.1, -0.05) is 86.3 Å². The molecule has 200 valence electrons. The van der Waals surface area contributed by atoms with Crippen LogP contribution >= 0.6 is 0 Å². The lowest BCUT2D eigenvalue weighted by atomic mass is 9.47. The van der Waals surface area contributed by atoms with E-state index in [-0.39, 0.29) is 0 Å². The number of ether oxygens (including phenoxy) is 1. The van der Waals surface area contributed by atoms with Crippen molar-refractivity contribution in [2.24, 2.45) is 46.2 Å². The Labute approximate surface area is 214 Å². The molecule has 0 spiro atoms. The van der Waals surface area contributed by atoms with E-state index in [1.54, 1.807) is 5.57 Å². The van der Waals surface area contributed by atoms with Crippen LogP contribution in [0.15, 0.2) is 11.6 Å². The highest BCUT2D eigenvalue weighted by Crippen LogP contribution is 2.66. The van der Waals surface area contributed by atoms with Crippen LogP contribution in [0.3, 0.4) is 0 Å². The van der Waals surface area contributed by atoms with Crippen molar-refractivity contribution in [1.29, 1.82) is 0 Å². The van der Waals surface area contributed by atoms with Crippen LogP contribution in [-0.2, 0) is 4.74 Å². The fraction of sp³-hybridized carbons (Fsp3) is 0.938. The summed E-state index contributed by atoms with van der Waals surface area (Å²) >= 11 is 0. The van der Waals surface area contributed by atoms with Gasteiger partial charge in [0.15, 0.2) is 0 Å². The molecule has 4 aliphatic carbocycles. The second-order valence-corrected chi connectivity index (χ2v) is 12.3. The summed E-state index contributed by atoms with van der Waals surface area (Å²) in [7, 11) is 0. The van der Waals surface area contributed by atoms with E-state index in [0.29, 0.717) is 23.5 Å². The molecule has 0 aromatic carbocycles. The number of hydrogen-bond acceptors (Lipinski definition) is 2. The van der Waals surface area contributed by atoms with Gasteiger partial charge < -0.3 is 10.5 Å². The Morgan fingerprint density at radius 1 is 0.971 bits per heavy atom. The largest absolute Gasteiger partial charge is 0.377 e. The van der Waals surface area contributed by atoms with Gasteiger partial charge in [-0.25, -0.2) is 0 Å². The van der Waals surface area contributed by atoms with Crippen LogP contribution in [0.4, 0.5) is 0 Å². The SMILES string of the molecule is CC.CC.CC(C)CCCC[C@H]1CCC2C3CC=C4C[C@@H](OCCN)CCC4(C)C3CCC21C. The van der Waals surface area contributed by atoms with Crippen LogP contribution in [0.5, 0.6) is 0 Å². The third-order valence-electron chi connectivity index (χ3n) is 10.3. The van der Waals surface area contributed by atoms with Gasteiger partial charge >= 0.3 is 0 Å². The van der Waals surface area contributed by atoms with Crippen molar-refractivity contribution < 1.29 is 4.74 Å². The quantitative estimate of drug-likeness (QED) is 0.280. The van der Waals surface area contributed by atoms with Gasteiger partial charge in [0.05, 0.1) is 12.7 Å². The Kier molecular flexibility index (Phi) is 12.2. The number of allylic oxidation sites excluding steroid dienone is 1. The van der Waals surface area contributed by atoms with Gasteiger partial charge in [-0.3, -0.25) is 0 Å². The second-order valence-electron chi connectivity index (χ2n) is 12.3. The second kappa shape index (κ2) is 13.8. The van der Waals surface area contributed by atoms with E-state index in [1.807, 2.05) is 27.7 Å². The molecule has 2 nitrogen and oxygen atoms in total. The minimum atomic E-state index is 0.417. The fourth-order valence-corrected chi connectivity index (χ4v) is 8.53. The first-order valence-electron chi connectivity index (χ1n) is 15.4. The Hall–Kier alpha value is -0.340. The van der Waals surface area contributed by atoms with E-state index >= 15 is 0 Å². The molecular weight excluding hydrogens is 414 g/mol. The number of nitrogens with two attached hydrogens (primary N) is 1. The fourth-order valence-electron chi connectivity index (χ4n) is 8.53. The normalized spacial score (nSPS) is 38.4. The molecule has 0 saturated heterocycles. The van der Waals surface area contributed by atoms with Gasteiger partial charge in [-0.2, -0.15) is 0 Å². The molecule has 0 aromatic rings. The van der Waals surface area contributed by atoms with Crippen molar-refractivity contribution in [3.63, 3.8) is 0 Å². The van der Waals surface area contributed by atoms with Gasteiger partial charge in [0, 0.05) is 6.54 Å². The number of fused-ring (bicyclic) bond motifs is 5. The van der Waals surface area contributed by atoms with Crippen LogP contribution in [0, 0.1) is 40.4 Å². The van der Waals surface area contributed by atoms with Crippen LogP contribution in [0.25, 0.3) is 0 Å². The molecule has 4 aliphatic rings. The Balaban J connectivity index is 0.000000970. The van der Waals surface area contributed by atoms with Crippen molar-refractivity contribution >= 4 is 0 Å². The minimum Gasteiger partial charge on any atom is -0.377 e. The molecule has 0 aromatic heterocycles. The minimum absolute atomic E-state index is 0.417. The highest BCUT2D eigenvalue weighted by atomic mass is 16.5. The van der Waals surface area contributed by atoms with Crippen LogP contribution in [0.1, 0.15) is 132 Å². The van der Waals surface area contributed by atoms with Crippen LogP contribution in [0.2, 0.25) is 0 Å². The topological polar surface area (TPSA) is 35.2 Å². The molecule has 3 fully saturated rings. The summed E-state index contributed by atoms with van der Waals surface area (Å²) in [6.45, 7) is 19.4. The summed E-state index contributed by atoms with van der Waals surface area (Å²) in [6, 6.07) is 0. The molecule has 4 rings (SSSR count). The standard InChI is InChI=1S/C28H49NO.2C2H6/c1-20(2)7-5-6-8-21-10-12-25-24-11-9-22-19-23(30-18-17-29)13-15-28(22,4)26(24)14-16-27(21,25)3;2*1-2/h9,20-21,23-26H,5-8,10-19,29H2,1-4H3;2*1-2H3/t21-,23-,24?,25?,26?,27?,28?;;/m0../s1. The Morgan fingerprint density at radius 3 is 2.38 bits per heavy atom. The summed E-state index contributed by atoms with van der Waals surface area (Å²) in [6.07, 6.45) is 20.0. The smallest absolute Gasteiger partial charge is 0.0613 e. The molecule has 2 N–H and O–H groups in total.